The number of thioether (sulfide) groups is 1. The maximum Gasteiger partial charge on any atom is 0.128 e. The van der Waals surface area contributed by atoms with Gasteiger partial charge in [0, 0.05) is 11.3 Å². The van der Waals surface area contributed by atoms with Crippen LogP contribution in [0.25, 0.3) is 11.0 Å². The fourth-order valence-corrected chi connectivity index (χ4v) is 4.56. The van der Waals surface area contributed by atoms with Crippen molar-refractivity contribution >= 4 is 34.4 Å². The van der Waals surface area contributed by atoms with Crippen molar-refractivity contribution in [1.29, 1.82) is 0 Å². The molecule has 2 aromatic rings. The van der Waals surface area contributed by atoms with Crippen LogP contribution in [0, 0.1) is 6.92 Å². The minimum atomic E-state index is -0.0510. The van der Waals surface area contributed by atoms with Gasteiger partial charge in [0.15, 0.2) is 0 Å². The minimum absolute atomic E-state index is 0.0510. The molecule has 0 aliphatic heterocycles. The van der Waals surface area contributed by atoms with E-state index in [1.165, 1.54) is 30.3 Å². The lowest BCUT2D eigenvalue weighted by atomic mass is 10.1. The molecule has 2 nitrogen and oxygen atoms in total. The molecule has 1 aliphatic rings. The first kappa shape index (κ1) is 14.3. The Bertz CT molecular complexity index is 620. The summed E-state index contributed by atoms with van der Waals surface area (Å²) >= 11 is 8.39. The van der Waals surface area contributed by atoms with Gasteiger partial charge >= 0.3 is 0 Å². The molecule has 1 aromatic carbocycles. The van der Waals surface area contributed by atoms with Crippen molar-refractivity contribution in [3.05, 3.63) is 29.6 Å². The summed E-state index contributed by atoms with van der Waals surface area (Å²) in [5, 5.41) is 0.631. The van der Waals surface area contributed by atoms with E-state index in [-0.39, 0.29) is 5.38 Å². The number of aromatic nitrogens is 2. The van der Waals surface area contributed by atoms with Gasteiger partial charge in [-0.1, -0.05) is 18.6 Å². The second-order valence-electron chi connectivity index (χ2n) is 5.67. The van der Waals surface area contributed by atoms with Crippen LogP contribution >= 0.6 is 23.4 Å². The highest BCUT2D eigenvalue weighted by Crippen LogP contribution is 2.41. The van der Waals surface area contributed by atoms with E-state index in [0.717, 1.165) is 11.3 Å². The van der Waals surface area contributed by atoms with Gasteiger partial charge in [-0.2, -0.15) is 11.8 Å². The van der Waals surface area contributed by atoms with Crippen LogP contribution < -0.4 is 0 Å². The van der Waals surface area contributed by atoms with Crippen molar-refractivity contribution < 1.29 is 0 Å². The van der Waals surface area contributed by atoms with Crippen molar-refractivity contribution in [2.45, 2.75) is 49.8 Å². The van der Waals surface area contributed by atoms with E-state index >= 15 is 0 Å². The van der Waals surface area contributed by atoms with Crippen molar-refractivity contribution in [3.8, 4) is 0 Å². The number of aryl methyl sites for hydroxylation is 1. The normalized spacial score (nSPS) is 24.4. The van der Waals surface area contributed by atoms with Gasteiger partial charge in [-0.15, -0.1) is 11.6 Å². The quantitative estimate of drug-likeness (QED) is 0.734. The van der Waals surface area contributed by atoms with E-state index in [4.69, 9.17) is 16.6 Å². The van der Waals surface area contributed by atoms with E-state index in [0.29, 0.717) is 11.3 Å². The molecular weight excluding hydrogens is 288 g/mol. The lowest BCUT2D eigenvalue weighted by molar-refractivity contribution is 0.519. The predicted octanol–water partition coefficient (Wildman–Crippen LogP) is 5.10. The van der Waals surface area contributed by atoms with Crippen LogP contribution in [-0.4, -0.2) is 21.1 Å². The zero-order valence-corrected chi connectivity index (χ0v) is 13.8. The molecule has 0 radical (unpaired) electrons. The third kappa shape index (κ3) is 2.25. The maximum atomic E-state index is 6.41. The maximum absolute atomic E-state index is 6.41. The highest BCUT2D eigenvalue weighted by Gasteiger charge is 2.32. The van der Waals surface area contributed by atoms with Gasteiger partial charge in [-0.05, 0) is 44.6 Å². The van der Waals surface area contributed by atoms with Gasteiger partial charge in [0.25, 0.3) is 0 Å². The molecular formula is C16H21ClN2S. The van der Waals surface area contributed by atoms with Gasteiger partial charge in [0.2, 0.25) is 0 Å². The van der Waals surface area contributed by atoms with Crippen LogP contribution in [-0.2, 0) is 0 Å². The van der Waals surface area contributed by atoms with E-state index in [1.54, 1.807) is 0 Å². The van der Waals surface area contributed by atoms with Crippen molar-refractivity contribution in [2.24, 2.45) is 0 Å². The number of hydrogen-bond donors (Lipinski definition) is 0. The van der Waals surface area contributed by atoms with Gasteiger partial charge in [-0.25, -0.2) is 4.98 Å². The number of benzene rings is 1. The minimum Gasteiger partial charge on any atom is -0.322 e. The average Bonchev–Trinajstić information content (AvgIpc) is 3.02. The summed E-state index contributed by atoms with van der Waals surface area (Å²) in [4.78, 5) is 4.81. The van der Waals surface area contributed by atoms with Crippen LogP contribution in [0.2, 0.25) is 0 Å². The fraction of sp³-hybridized carbons (Fsp3) is 0.562. The molecule has 0 bridgehead atoms. The number of alkyl halides is 1. The summed E-state index contributed by atoms with van der Waals surface area (Å²) < 4.78 is 2.44. The number of hydrogen-bond acceptors (Lipinski definition) is 2. The molecule has 108 valence electrons. The first-order valence-electron chi connectivity index (χ1n) is 7.27. The number of para-hydroxylation sites is 1. The van der Waals surface area contributed by atoms with E-state index in [1.807, 2.05) is 18.7 Å². The molecule has 0 N–H and O–H groups in total. The molecule has 3 atom stereocenters. The van der Waals surface area contributed by atoms with Crippen LogP contribution in [0.3, 0.4) is 0 Å². The summed E-state index contributed by atoms with van der Waals surface area (Å²) in [7, 11) is 0. The van der Waals surface area contributed by atoms with E-state index in [2.05, 4.69) is 35.9 Å². The molecule has 1 aromatic heterocycles. The molecule has 1 aliphatic carbocycles. The van der Waals surface area contributed by atoms with Gasteiger partial charge < -0.3 is 4.57 Å². The second kappa shape index (κ2) is 5.61. The Balaban J connectivity index is 2.23. The monoisotopic (exact) mass is 308 g/mol. The third-order valence-electron chi connectivity index (χ3n) is 4.35. The zero-order chi connectivity index (χ0) is 14.3. The number of nitrogens with zero attached hydrogens (tertiary/aromatic N) is 2. The van der Waals surface area contributed by atoms with Crippen molar-refractivity contribution in [3.63, 3.8) is 0 Å². The van der Waals surface area contributed by atoms with Crippen LogP contribution in [0.5, 0.6) is 0 Å². The van der Waals surface area contributed by atoms with Crippen molar-refractivity contribution in [1.82, 2.24) is 9.55 Å². The van der Waals surface area contributed by atoms with Crippen LogP contribution in [0.4, 0.5) is 0 Å². The molecule has 1 heterocycles. The summed E-state index contributed by atoms with van der Waals surface area (Å²) in [5.41, 5.74) is 3.66. The Labute approximate surface area is 129 Å². The first-order chi connectivity index (χ1) is 9.63. The summed E-state index contributed by atoms with van der Waals surface area (Å²) in [6, 6.07) is 6.89. The lowest BCUT2D eigenvalue weighted by Gasteiger charge is -2.23. The highest BCUT2D eigenvalue weighted by molar-refractivity contribution is 7.99. The predicted molar refractivity (Wildman–Crippen MR) is 88.9 cm³/mol. The summed E-state index contributed by atoms with van der Waals surface area (Å²) in [5.74, 6) is 1.03. The number of halogens is 1. The SMILES string of the molecule is CSC1CCCC1n1c(C(C)Cl)nc2cccc(C)c21. The molecule has 4 heteroatoms. The molecule has 1 fully saturated rings. The number of rotatable bonds is 3. The Kier molecular flexibility index (Phi) is 4.00. The first-order valence-corrected chi connectivity index (χ1v) is 9.00. The third-order valence-corrected chi connectivity index (χ3v) is 5.70. The van der Waals surface area contributed by atoms with E-state index in [9.17, 15) is 0 Å². The zero-order valence-electron chi connectivity index (χ0n) is 12.3. The largest absolute Gasteiger partial charge is 0.322 e. The fourth-order valence-electron chi connectivity index (χ4n) is 3.43. The van der Waals surface area contributed by atoms with Crippen molar-refractivity contribution in [2.75, 3.05) is 6.26 Å². The summed E-state index contributed by atoms with van der Waals surface area (Å²) in [6.45, 7) is 4.20. The Morgan fingerprint density at radius 3 is 2.90 bits per heavy atom. The molecule has 20 heavy (non-hydrogen) atoms. The molecule has 0 spiro atoms. The standard InChI is InChI=1S/C16H21ClN2S/c1-10-6-4-7-12-15(10)19(16(18-12)11(2)17)13-8-5-9-14(13)20-3/h4,6-7,11,13-14H,5,8-9H2,1-3H3. The smallest absolute Gasteiger partial charge is 0.128 e. The Morgan fingerprint density at radius 2 is 2.20 bits per heavy atom. The topological polar surface area (TPSA) is 17.8 Å². The van der Waals surface area contributed by atoms with Gasteiger partial charge in [0.1, 0.15) is 5.82 Å². The molecule has 0 saturated heterocycles. The lowest BCUT2D eigenvalue weighted by Crippen LogP contribution is -2.18. The second-order valence-corrected chi connectivity index (χ2v) is 7.40. The molecule has 1 saturated carbocycles. The Hall–Kier alpha value is -0.670. The van der Waals surface area contributed by atoms with Crippen LogP contribution in [0.15, 0.2) is 18.2 Å². The molecule has 0 amide bonds. The molecule has 3 rings (SSSR count). The summed E-state index contributed by atoms with van der Waals surface area (Å²) in [6.07, 6.45) is 6.06. The number of imidazole rings is 1. The molecule has 3 unspecified atom stereocenters. The highest BCUT2D eigenvalue weighted by atomic mass is 35.5. The van der Waals surface area contributed by atoms with E-state index < -0.39 is 0 Å². The van der Waals surface area contributed by atoms with Gasteiger partial charge in [0.05, 0.1) is 16.4 Å². The Morgan fingerprint density at radius 1 is 1.40 bits per heavy atom. The number of fused-ring (bicyclic) bond motifs is 1. The average molecular weight is 309 g/mol. The van der Waals surface area contributed by atoms with Crippen LogP contribution in [0.1, 0.15) is 49.0 Å². The van der Waals surface area contributed by atoms with Gasteiger partial charge in [-0.3, -0.25) is 0 Å².